The van der Waals surface area contributed by atoms with Crippen LogP contribution in [-0.2, 0) is 4.79 Å². The van der Waals surface area contributed by atoms with Crippen molar-refractivity contribution in [3.8, 4) is 0 Å². The lowest BCUT2D eigenvalue weighted by atomic mass is 9.81. The Morgan fingerprint density at radius 1 is 1.26 bits per heavy atom. The smallest absolute Gasteiger partial charge is 0.311 e. The van der Waals surface area contributed by atoms with E-state index < -0.39 is 11.9 Å². The van der Waals surface area contributed by atoms with E-state index in [1.165, 1.54) is 12.8 Å². The first-order valence-electron chi connectivity index (χ1n) is 6.88. The molecule has 0 radical (unpaired) electrons. The Morgan fingerprint density at radius 3 is 2.47 bits per heavy atom. The minimum atomic E-state index is -0.753. The van der Waals surface area contributed by atoms with Gasteiger partial charge in [-0.05, 0) is 46.3 Å². The van der Waals surface area contributed by atoms with Crippen LogP contribution >= 0.6 is 15.9 Å². The van der Waals surface area contributed by atoms with Gasteiger partial charge >= 0.3 is 5.97 Å². The summed E-state index contributed by atoms with van der Waals surface area (Å²) in [5, 5.41) is 9.62. The molecule has 1 aromatic rings. The first-order valence-corrected chi connectivity index (χ1v) is 7.67. The molecule has 1 saturated carbocycles. The summed E-state index contributed by atoms with van der Waals surface area (Å²) < 4.78 is 0.782. The van der Waals surface area contributed by atoms with Crippen LogP contribution in [0.3, 0.4) is 0 Å². The zero-order chi connectivity index (χ0) is 13.8. The summed E-state index contributed by atoms with van der Waals surface area (Å²) in [6.45, 7) is 0. The standard InChI is InChI=1S/C15H20BrNO2/c16-12-9-5-8-11(14(12)17)13(15(18)19)10-6-3-1-2-4-7-10/h5,8-10,13H,1-4,6-7,17H2,(H,18,19). The van der Waals surface area contributed by atoms with Crippen molar-refractivity contribution < 1.29 is 9.90 Å². The molecule has 1 atom stereocenters. The molecular formula is C15H20BrNO2. The second-order valence-corrected chi connectivity index (χ2v) is 6.16. The number of carbonyl (C=O) groups is 1. The van der Waals surface area contributed by atoms with Crippen LogP contribution in [0.15, 0.2) is 22.7 Å². The Morgan fingerprint density at radius 2 is 1.89 bits per heavy atom. The molecule has 1 aliphatic carbocycles. The number of carboxylic acids is 1. The number of hydrogen-bond donors (Lipinski definition) is 2. The Labute approximate surface area is 122 Å². The second kappa shape index (κ2) is 6.42. The molecule has 0 aromatic heterocycles. The van der Waals surface area contributed by atoms with Gasteiger partial charge in [-0.25, -0.2) is 0 Å². The van der Waals surface area contributed by atoms with Crippen LogP contribution in [0.2, 0.25) is 0 Å². The van der Waals surface area contributed by atoms with Crippen LogP contribution in [0, 0.1) is 5.92 Å². The van der Waals surface area contributed by atoms with Gasteiger partial charge in [-0.1, -0.05) is 37.8 Å². The highest BCUT2D eigenvalue weighted by Gasteiger charge is 2.31. The van der Waals surface area contributed by atoms with Gasteiger partial charge in [0.25, 0.3) is 0 Å². The molecule has 3 N–H and O–H groups in total. The number of carboxylic acid groups (broad SMARTS) is 1. The van der Waals surface area contributed by atoms with E-state index in [9.17, 15) is 9.90 Å². The van der Waals surface area contributed by atoms with E-state index in [4.69, 9.17) is 5.73 Å². The second-order valence-electron chi connectivity index (χ2n) is 5.31. The highest BCUT2D eigenvalue weighted by atomic mass is 79.9. The van der Waals surface area contributed by atoms with Gasteiger partial charge in [0.2, 0.25) is 0 Å². The third-order valence-electron chi connectivity index (χ3n) is 4.06. The molecule has 104 valence electrons. The predicted octanol–water partition coefficient (Wildman–Crippen LogP) is 4.17. The van der Waals surface area contributed by atoms with Gasteiger partial charge in [0.15, 0.2) is 0 Å². The van der Waals surface area contributed by atoms with Gasteiger partial charge in [-0.15, -0.1) is 0 Å². The maximum atomic E-state index is 11.7. The van der Waals surface area contributed by atoms with Crippen molar-refractivity contribution in [2.24, 2.45) is 5.92 Å². The van der Waals surface area contributed by atoms with E-state index in [-0.39, 0.29) is 5.92 Å². The minimum absolute atomic E-state index is 0.205. The molecule has 1 aromatic carbocycles. The average molecular weight is 326 g/mol. The number of halogens is 1. The van der Waals surface area contributed by atoms with Crippen molar-refractivity contribution in [1.29, 1.82) is 0 Å². The largest absolute Gasteiger partial charge is 0.481 e. The minimum Gasteiger partial charge on any atom is -0.481 e. The maximum Gasteiger partial charge on any atom is 0.311 e. The fourth-order valence-electron chi connectivity index (χ4n) is 3.06. The lowest BCUT2D eigenvalue weighted by Crippen LogP contribution is -2.22. The van der Waals surface area contributed by atoms with E-state index in [2.05, 4.69) is 15.9 Å². The first kappa shape index (κ1) is 14.4. The highest BCUT2D eigenvalue weighted by molar-refractivity contribution is 9.10. The Hall–Kier alpha value is -1.03. The molecule has 0 bridgehead atoms. The molecule has 3 nitrogen and oxygen atoms in total. The number of rotatable bonds is 3. The molecule has 1 unspecified atom stereocenters. The molecule has 1 aliphatic rings. The van der Waals surface area contributed by atoms with Crippen molar-refractivity contribution >= 4 is 27.6 Å². The summed E-state index contributed by atoms with van der Waals surface area (Å²) in [5.41, 5.74) is 7.38. The number of para-hydroxylation sites is 1. The number of aliphatic carboxylic acids is 1. The van der Waals surface area contributed by atoms with Crippen molar-refractivity contribution in [1.82, 2.24) is 0 Å². The number of nitrogen functional groups attached to an aromatic ring is 1. The lowest BCUT2D eigenvalue weighted by Gasteiger charge is -2.24. The van der Waals surface area contributed by atoms with Crippen molar-refractivity contribution in [2.75, 3.05) is 5.73 Å². The number of hydrogen-bond acceptors (Lipinski definition) is 2. The van der Waals surface area contributed by atoms with E-state index >= 15 is 0 Å². The van der Waals surface area contributed by atoms with Crippen molar-refractivity contribution in [2.45, 2.75) is 44.4 Å². The van der Waals surface area contributed by atoms with Gasteiger partial charge in [0.1, 0.15) is 0 Å². The molecule has 19 heavy (non-hydrogen) atoms. The SMILES string of the molecule is Nc1c(Br)cccc1C(C(=O)O)C1CCCCCC1. The van der Waals surface area contributed by atoms with Crippen LogP contribution in [0.4, 0.5) is 5.69 Å². The van der Waals surface area contributed by atoms with Crippen LogP contribution < -0.4 is 5.73 Å². The van der Waals surface area contributed by atoms with E-state index in [0.29, 0.717) is 5.69 Å². The topological polar surface area (TPSA) is 63.3 Å². The van der Waals surface area contributed by atoms with Crippen molar-refractivity contribution in [3.63, 3.8) is 0 Å². The fourth-order valence-corrected chi connectivity index (χ4v) is 3.44. The van der Waals surface area contributed by atoms with E-state index in [1.54, 1.807) is 0 Å². The molecular weight excluding hydrogens is 306 g/mol. The zero-order valence-electron chi connectivity index (χ0n) is 10.9. The normalized spacial score (nSPS) is 18.8. The average Bonchev–Trinajstić information content (AvgIpc) is 2.63. The van der Waals surface area contributed by atoms with E-state index in [1.807, 2.05) is 18.2 Å². The highest BCUT2D eigenvalue weighted by Crippen LogP contribution is 2.39. The van der Waals surface area contributed by atoms with Crippen LogP contribution in [0.5, 0.6) is 0 Å². The molecule has 0 amide bonds. The zero-order valence-corrected chi connectivity index (χ0v) is 12.5. The van der Waals surface area contributed by atoms with Crippen LogP contribution in [0.1, 0.15) is 50.0 Å². The third kappa shape index (κ3) is 3.30. The summed E-state index contributed by atoms with van der Waals surface area (Å²) in [6.07, 6.45) is 6.67. The summed E-state index contributed by atoms with van der Waals surface area (Å²) >= 11 is 3.38. The van der Waals surface area contributed by atoms with E-state index in [0.717, 1.165) is 35.7 Å². The number of nitrogens with two attached hydrogens (primary N) is 1. The van der Waals surface area contributed by atoms with Gasteiger partial charge in [0, 0.05) is 10.2 Å². The summed E-state index contributed by atoms with van der Waals surface area (Å²) in [7, 11) is 0. The van der Waals surface area contributed by atoms with Crippen LogP contribution in [-0.4, -0.2) is 11.1 Å². The lowest BCUT2D eigenvalue weighted by molar-refractivity contribution is -0.140. The Kier molecular flexibility index (Phi) is 4.86. The molecule has 1 fully saturated rings. The summed E-state index contributed by atoms with van der Waals surface area (Å²) in [6, 6.07) is 5.57. The molecule has 4 heteroatoms. The first-order chi connectivity index (χ1) is 9.11. The van der Waals surface area contributed by atoms with Gasteiger partial charge in [-0.2, -0.15) is 0 Å². The molecule has 0 spiro atoms. The third-order valence-corrected chi connectivity index (χ3v) is 4.75. The quantitative estimate of drug-likeness (QED) is 0.647. The fraction of sp³-hybridized carbons (Fsp3) is 0.533. The van der Waals surface area contributed by atoms with Gasteiger partial charge < -0.3 is 10.8 Å². The Balaban J connectivity index is 2.33. The summed E-state index contributed by atoms with van der Waals surface area (Å²) in [4.78, 5) is 11.7. The summed E-state index contributed by atoms with van der Waals surface area (Å²) in [5.74, 6) is -1.02. The monoisotopic (exact) mass is 325 g/mol. The van der Waals surface area contributed by atoms with Crippen LogP contribution in [0.25, 0.3) is 0 Å². The van der Waals surface area contributed by atoms with Crippen molar-refractivity contribution in [3.05, 3.63) is 28.2 Å². The van der Waals surface area contributed by atoms with Gasteiger partial charge in [-0.3, -0.25) is 4.79 Å². The molecule has 0 aliphatic heterocycles. The molecule has 2 rings (SSSR count). The number of anilines is 1. The number of benzene rings is 1. The predicted molar refractivity (Wildman–Crippen MR) is 80.1 cm³/mol. The molecule has 0 heterocycles. The molecule has 0 saturated heterocycles. The Bertz CT molecular complexity index is 453. The maximum absolute atomic E-state index is 11.7. The van der Waals surface area contributed by atoms with Gasteiger partial charge in [0.05, 0.1) is 5.92 Å².